The van der Waals surface area contributed by atoms with E-state index >= 15 is 0 Å². The Kier molecular flexibility index (Phi) is 4.89. The van der Waals surface area contributed by atoms with Crippen LogP contribution in [0.15, 0.2) is 18.2 Å². The molecule has 0 aromatic heterocycles. The first-order valence-corrected chi connectivity index (χ1v) is 6.96. The molecule has 1 aromatic rings. The smallest absolute Gasteiger partial charge is 0.327 e. The Morgan fingerprint density at radius 2 is 2.15 bits per heavy atom. The molecule has 5 nitrogen and oxygen atoms in total. The Balaban J connectivity index is 2.07. The zero-order valence-electron chi connectivity index (χ0n) is 11.6. The summed E-state index contributed by atoms with van der Waals surface area (Å²) in [7, 11) is 1.94. The third-order valence-electron chi connectivity index (χ3n) is 3.91. The number of rotatable bonds is 5. The quantitative estimate of drug-likeness (QED) is 0.665. The van der Waals surface area contributed by atoms with Gasteiger partial charge in [-0.15, -0.1) is 0 Å². The van der Waals surface area contributed by atoms with Crippen molar-refractivity contribution in [1.82, 2.24) is 5.32 Å². The second-order valence-electron chi connectivity index (χ2n) is 5.19. The summed E-state index contributed by atoms with van der Waals surface area (Å²) in [6.07, 6.45) is 3.11. The summed E-state index contributed by atoms with van der Waals surface area (Å²) in [5, 5.41) is 14.2. The number of hydrogen-bond donors (Lipinski definition) is 1. The predicted octanol–water partition coefficient (Wildman–Crippen LogP) is 2.56. The van der Waals surface area contributed by atoms with Crippen LogP contribution in [0.5, 0.6) is 0 Å². The second-order valence-corrected chi connectivity index (χ2v) is 5.19. The topological polar surface area (TPSA) is 58.4 Å². The lowest BCUT2D eigenvalue weighted by molar-refractivity contribution is -0.386. The second kappa shape index (κ2) is 6.65. The minimum Gasteiger partial charge on any atom is -0.366 e. The third kappa shape index (κ3) is 3.25. The van der Waals surface area contributed by atoms with E-state index in [0.717, 1.165) is 45.0 Å². The van der Waals surface area contributed by atoms with Crippen molar-refractivity contribution >= 4 is 11.4 Å². The molecule has 0 unspecified atom stereocenters. The fourth-order valence-electron chi connectivity index (χ4n) is 2.75. The molecule has 1 aliphatic rings. The molecule has 1 fully saturated rings. The SMILES string of the molecule is CNCCC1CCN(c2cccc(F)c2[N+](=O)[O-])CC1. The van der Waals surface area contributed by atoms with Gasteiger partial charge in [-0.25, -0.2) is 0 Å². The summed E-state index contributed by atoms with van der Waals surface area (Å²) >= 11 is 0. The van der Waals surface area contributed by atoms with Gasteiger partial charge in [-0.05, 0) is 50.9 Å². The highest BCUT2D eigenvalue weighted by Crippen LogP contribution is 2.33. The average molecular weight is 281 g/mol. The number of para-hydroxylation sites is 1. The Bertz CT molecular complexity index is 473. The van der Waals surface area contributed by atoms with Crippen LogP contribution in [0, 0.1) is 21.8 Å². The van der Waals surface area contributed by atoms with Crippen molar-refractivity contribution in [3.63, 3.8) is 0 Å². The van der Waals surface area contributed by atoms with Crippen LogP contribution in [-0.2, 0) is 0 Å². The van der Waals surface area contributed by atoms with Gasteiger partial charge in [0.05, 0.1) is 4.92 Å². The van der Waals surface area contributed by atoms with E-state index in [1.807, 2.05) is 11.9 Å². The van der Waals surface area contributed by atoms with E-state index in [4.69, 9.17) is 0 Å². The lowest BCUT2D eigenvalue weighted by atomic mass is 9.93. The van der Waals surface area contributed by atoms with Gasteiger partial charge >= 0.3 is 5.69 Å². The first-order valence-electron chi connectivity index (χ1n) is 6.96. The van der Waals surface area contributed by atoms with E-state index in [-0.39, 0.29) is 0 Å². The zero-order valence-corrected chi connectivity index (χ0v) is 11.6. The maximum atomic E-state index is 13.6. The van der Waals surface area contributed by atoms with Gasteiger partial charge < -0.3 is 10.2 Å². The van der Waals surface area contributed by atoms with E-state index in [1.54, 1.807) is 6.07 Å². The van der Waals surface area contributed by atoms with E-state index in [2.05, 4.69) is 5.32 Å². The molecule has 1 N–H and O–H groups in total. The van der Waals surface area contributed by atoms with Crippen LogP contribution < -0.4 is 10.2 Å². The van der Waals surface area contributed by atoms with E-state index in [9.17, 15) is 14.5 Å². The molecule has 2 rings (SSSR count). The van der Waals surface area contributed by atoms with Gasteiger partial charge in [0.1, 0.15) is 5.69 Å². The molecule has 6 heteroatoms. The number of nitrogens with one attached hydrogen (secondary N) is 1. The first kappa shape index (κ1) is 14.7. The van der Waals surface area contributed by atoms with Crippen molar-refractivity contribution in [2.45, 2.75) is 19.3 Å². The lowest BCUT2D eigenvalue weighted by Gasteiger charge is -2.33. The van der Waals surface area contributed by atoms with Crippen LogP contribution in [0.25, 0.3) is 0 Å². The normalized spacial score (nSPS) is 16.4. The molecule has 0 amide bonds. The molecule has 0 atom stereocenters. The van der Waals surface area contributed by atoms with Crippen LogP contribution in [0.3, 0.4) is 0 Å². The molecule has 0 radical (unpaired) electrons. The van der Waals surface area contributed by atoms with E-state index in [0.29, 0.717) is 11.6 Å². The Hall–Kier alpha value is -1.69. The number of piperidine rings is 1. The van der Waals surface area contributed by atoms with Crippen molar-refractivity contribution in [3.8, 4) is 0 Å². The molecule has 1 saturated heterocycles. The lowest BCUT2D eigenvalue weighted by Crippen LogP contribution is -2.35. The summed E-state index contributed by atoms with van der Waals surface area (Å²) < 4.78 is 13.6. The van der Waals surface area contributed by atoms with Crippen LogP contribution in [0.2, 0.25) is 0 Å². The average Bonchev–Trinajstić information content (AvgIpc) is 2.45. The van der Waals surface area contributed by atoms with Crippen LogP contribution in [0.4, 0.5) is 15.8 Å². The molecular weight excluding hydrogens is 261 g/mol. The molecule has 0 aliphatic carbocycles. The van der Waals surface area contributed by atoms with Crippen LogP contribution in [-0.4, -0.2) is 31.6 Å². The van der Waals surface area contributed by atoms with Crippen molar-refractivity contribution in [2.75, 3.05) is 31.6 Å². The number of halogens is 1. The van der Waals surface area contributed by atoms with Crippen molar-refractivity contribution < 1.29 is 9.31 Å². The molecule has 20 heavy (non-hydrogen) atoms. The minimum atomic E-state index is -0.759. The molecule has 1 heterocycles. The van der Waals surface area contributed by atoms with Gasteiger partial charge in [0.15, 0.2) is 0 Å². The number of benzene rings is 1. The monoisotopic (exact) mass is 281 g/mol. The number of nitro benzene ring substituents is 1. The van der Waals surface area contributed by atoms with E-state index < -0.39 is 16.4 Å². The molecular formula is C14H20FN3O2. The molecule has 1 aromatic carbocycles. The van der Waals surface area contributed by atoms with Gasteiger partial charge in [-0.2, -0.15) is 4.39 Å². The van der Waals surface area contributed by atoms with Gasteiger partial charge in [-0.3, -0.25) is 10.1 Å². The summed E-state index contributed by atoms with van der Waals surface area (Å²) in [4.78, 5) is 12.3. The van der Waals surface area contributed by atoms with Gasteiger partial charge in [0, 0.05) is 13.1 Å². The zero-order chi connectivity index (χ0) is 14.5. The highest BCUT2D eigenvalue weighted by Gasteiger charge is 2.27. The van der Waals surface area contributed by atoms with Gasteiger partial charge in [0.25, 0.3) is 0 Å². The summed E-state index contributed by atoms with van der Waals surface area (Å²) in [5.74, 6) is -0.115. The predicted molar refractivity (Wildman–Crippen MR) is 76.5 cm³/mol. The number of nitrogens with zero attached hydrogens (tertiary/aromatic N) is 2. The fraction of sp³-hybridized carbons (Fsp3) is 0.571. The maximum Gasteiger partial charge on any atom is 0.327 e. The van der Waals surface area contributed by atoms with Gasteiger partial charge in [0.2, 0.25) is 5.82 Å². The van der Waals surface area contributed by atoms with Crippen molar-refractivity contribution in [3.05, 3.63) is 34.1 Å². The summed E-state index contributed by atoms with van der Waals surface area (Å²) in [6, 6.07) is 4.31. The Labute approximate surface area is 117 Å². The Morgan fingerprint density at radius 3 is 2.75 bits per heavy atom. The highest BCUT2D eigenvalue weighted by atomic mass is 19.1. The van der Waals surface area contributed by atoms with Crippen molar-refractivity contribution in [2.24, 2.45) is 5.92 Å². The highest BCUT2D eigenvalue weighted by molar-refractivity contribution is 5.64. The molecule has 0 saturated carbocycles. The maximum absolute atomic E-state index is 13.6. The van der Waals surface area contributed by atoms with Crippen LogP contribution >= 0.6 is 0 Å². The molecule has 1 aliphatic heterocycles. The van der Waals surface area contributed by atoms with Crippen molar-refractivity contribution in [1.29, 1.82) is 0 Å². The first-order chi connectivity index (χ1) is 9.63. The number of hydrogen-bond acceptors (Lipinski definition) is 4. The van der Waals surface area contributed by atoms with Gasteiger partial charge in [-0.1, -0.05) is 6.07 Å². The standard InChI is InChI=1S/C14H20FN3O2/c1-16-8-5-11-6-9-17(10-7-11)13-4-2-3-12(15)14(13)18(19)20/h2-4,11,16H,5-10H2,1H3. The summed E-state index contributed by atoms with van der Waals surface area (Å²) in [5.41, 5.74) is 0.00300. The van der Waals surface area contributed by atoms with E-state index in [1.165, 1.54) is 6.07 Å². The third-order valence-corrected chi connectivity index (χ3v) is 3.91. The number of anilines is 1. The molecule has 0 spiro atoms. The molecule has 110 valence electrons. The molecule has 0 bridgehead atoms. The fourth-order valence-corrected chi connectivity index (χ4v) is 2.75. The minimum absolute atomic E-state index is 0.402. The van der Waals surface area contributed by atoms with Crippen LogP contribution in [0.1, 0.15) is 19.3 Å². The number of nitro groups is 1. The Morgan fingerprint density at radius 1 is 1.45 bits per heavy atom. The largest absolute Gasteiger partial charge is 0.366 e. The summed E-state index contributed by atoms with van der Waals surface area (Å²) in [6.45, 7) is 2.49.